The average molecular weight is 237 g/mol. The third kappa shape index (κ3) is 1.79. The number of rotatable bonds is 2. The second-order valence-corrected chi connectivity index (χ2v) is 3.77. The zero-order chi connectivity index (χ0) is 11.7. The van der Waals surface area contributed by atoms with Crippen molar-refractivity contribution < 1.29 is 9.90 Å². The highest BCUT2D eigenvalue weighted by Crippen LogP contribution is 2.20. The Balaban J connectivity index is 2.54. The third-order valence-electron chi connectivity index (χ3n) is 2.20. The summed E-state index contributed by atoms with van der Waals surface area (Å²) in [5.41, 5.74) is 1.31. The number of nitrogens with zero attached hydrogens (tertiary/aromatic N) is 2. The van der Waals surface area contributed by atoms with Crippen molar-refractivity contribution in [2.75, 3.05) is 0 Å². The lowest BCUT2D eigenvalue weighted by Crippen LogP contribution is -2.02. The number of para-hydroxylation sites is 1. The van der Waals surface area contributed by atoms with Gasteiger partial charge in [0.15, 0.2) is 5.69 Å². The molecule has 82 valence electrons. The Morgan fingerprint density at radius 3 is 2.69 bits per heavy atom. The van der Waals surface area contributed by atoms with Crippen molar-refractivity contribution in [3.8, 4) is 5.69 Å². The molecule has 0 atom stereocenters. The third-order valence-corrected chi connectivity index (χ3v) is 2.52. The molecule has 0 spiro atoms. The van der Waals surface area contributed by atoms with Crippen molar-refractivity contribution in [1.82, 2.24) is 9.78 Å². The fourth-order valence-corrected chi connectivity index (χ4v) is 1.65. The quantitative estimate of drug-likeness (QED) is 0.872. The van der Waals surface area contributed by atoms with Gasteiger partial charge in [-0.25, -0.2) is 9.48 Å². The van der Waals surface area contributed by atoms with Crippen molar-refractivity contribution in [2.45, 2.75) is 6.92 Å². The molecule has 0 radical (unpaired) electrons. The molecule has 0 fully saturated rings. The summed E-state index contributed by atoms with van der Waals surface area (Å²) in [6, 6.07) is 7.13. The van der Waals surface area contributed by atoms with Crippen LogP contribution in [-0.4, -0.2) is 20.9 Å². The van der Waals surface area contributed by atoms with Gasteiger partial charge in [0.2, 0.25) is 0 Å². The molecule has 0 aliphatic rings. The predicted molar refractivity (Wildman–Crippen MR) is 60.3 cm³/mol. The number of carboxylic acid groups (broad SMARTS) is 1. The van der Waals surface area contributed by atoms with Crippen LogP contribution < -0.4 is 0 Å². The highest BCUT2D eigenvalue weighted by molar-refractivity contribution is 6.32. The van der Waals surface area contributed by atoms with Gasteiger partial charge in [-0.15, -0.1) is 0 Å². The summed E-state index contributed by atoms with van der Waals surface area (Å²) in [6.07, 6.45) is 1.64. The molecule has 0 bridgehead atoms. The standard InChI is InChI=1S/C11H9ClN2O2/c1-7-6-14(13-10(7)11(15)16)9-5-3-2-4-8(9)12/h2-6H,1H3,(H,15,16). The van der Waals surface area contributed by atoms with Gasteiger partial charge in [-0.3, -0.25) is 0 Å². The van der Waals surface area contributed by atoms with E-state index in [-0.39, 0.29) is 5.69 Å². The Morgan fingerprint density at radius 1 is 1.44 bits per heavy atom. The fourth-order valence-electron chi connectivity index (χ4n) is 1.43. The van der Waals surface area contributed by atoms with Gasteiger partial charge in [0.1, 0.15) is 0 Å². The van der Waals surface area contributed by atoms with E-state index < -0.39 is 5.97 Å². The summed E-state index contributed by atoms with van der Waals surface area (Å²) in [7, 11) is 0. The zero-order valence-electron chi connectivity index (χ0n) is 8.51. The van der Waals surface area contributed by atoms with Crippen LogP contribution in [0.25, 0.3) is 5.69 Å². The van der Waals surface area contributed by atoms with E-state index in [1.54, 1.807) is 31.3 Å². The molecule has 0 unspecified atom stereocenters. The highest BCUT2D eigenvalue weighted by atomic mass is 35.5. The Morgan fingerprint density at radius 2 is 2.12 bits per heavy atom. The predicted octanol–water partition coefficient (Wildman–Crippen LogP) is 2.53. The summed E-state index contributed by atoms with van der Waals surface area (Å²) >= 11 is 5.99. The Kier molecular flexibility index (Phi) is 2.66. The lowest BCUT2D eigenvalue weighted by molar-refractivity contribution is 0.0689. The molecule has 0 saturated carbocycles. The van der Waals surface area contributed by atoms with Crippen molar-refractivity contribution in [1.29, 1.82) is 0 Å². The number of hydrogen-bond donors (Lipinski definition) is 1. The number of carboxylic acids is 1. The van der Waals surface area contributed by atoms with Crippen LogP contribution in [0.5, 0.6) is 0 Å². The summed E-state index contributed by atoms with van der Waals surface area (Å²) in [6.45, 7) is 1.70. The molecular weight excluding hydrogens is 228 g/mol. The van der Waals surface area contributed by atoms with Crippen molar-refractivity contribution in [3.05, 3.63) is 46.7 Å². The summed E-state index contributed by atoms with van der Waals surface area (Å²) in [5.74, 6) is -1.04. The maximum absolute atomic E-state index is 10.8. The first-order chi connectivity index (χ1) is 7.59. The summed E-state index contributed by atoms with van der Waals surface area (Å²) in [5, 5.41) is 13.4. The largest absolute Gasteiger partial charge is 0.476 e. The van der Waals surface area contributed by atoms with Crippen LogP contribution >= 0.6 is 11.6 Å². The van der Waals surface area contributed by atoms with Crippen LogP contribution in [0.4, 0.5) is 0 Å². The van der Waals surface area contributed by atoms with Crippen LogP contribution in [0.3, 0.4) is 0 Å². The number of carbonyl (C=O) groups is 1. The van der Waals surface area contributed by atoms with Gasteiger partial charge in [0, 0.05) is 11.8 Å². The minimum atomic E-state index is -1.04. The molecule has 1 aromatic carbocycles. The normalized spacial score (nSPS) is 10.4. The van der Waals surface area contributed by atoms with E-state index >= 15 is 0 Å². The van der Waals surface area contributed by atoms with Crippen LogP contribution in [-0.2, 0) is 0 Å². The van der Waals surface area contributed by atoms with Crippen LogP contribution in [0.15, 0.2) is 30.5 Å². The number of aromatic nitrogens is 2. The van der Waals surface area contributed by atoms with E-state index in [0.717, 1.165) is 0 Å². The lowest BCUT2D eigenvalue weighted by Gasteiger charge is -2.02. The van der Waals surface area contributed by atoms with E-state index in [9.17, 15) is 4.79 Å². The van der Waals surface area contributed by atoms with Crippen molar-refractivity contribution >= 4 is 17.6 Å². The first kappa shape index (κ1) is 10.7. The molecule has 0 aliphatic heterocycles. The van der Waals surface area contributed by atoms with Crippen LogP contribution in [0.2, 0.25) is 5.02 Å². The molecule has 5 heteroatoms. The second kappa shape index (κ2) is 3.98. The molecule has 2 aromatic rings. The molecule has 16 heavy (non-hydrogen) atoms. The first-order valence-corrected chi connectivity index (χ1v) is 5.02. The van der Waals surface area contributed by atoms with Gasteiger partial charge < -0.3 is 5.11 Å². The Labute approximate surface area is 97.1 Å². The summed E-state index contributed by atoms with van der Waals surface area (Å²) in [4.78, 5) is 10.8. The number of aryl methyl sites for hydroxylation is 1. The van der Waals surface area contributed by atoms with Crippen LogP contribution in [0.1, 0.15) is 16.1 Å². The van der Waals surface area contributed by atoms with Gasteiger partial charge in [-0.05, 0) is 19.1 Å². The minimum Gasteiger partial charge on any atom is -0.476 e. The van der Waals surface area contributed by atoms with Gasteiger partial charge in [0.25, 0.3) is 0 Å². The maximum atomic E-state index is 10.8. The smallest absolute Gasteiger partial charge is 0.356 e. The molecule has 0 aliphatic carbocycles. The first-order valence-electron chi connectivity index (χ1n) is 4.64. The van der Waals surface area contributed by atoms with E-state index in [2.05, 4.69) is 5.10 Å². The van der Waals surface area contributed by atoms with E-state index in [4.69, 9.17) is 16.7 Å². The molecule has 2 rings (SSSR count). The molecule has 4 nitrogen and oxygen atoms in total. The van der Waals surface area contributed by atoms with Crippen LogP contribution in [0, 0.1) is 6.92 Å². The van der Waals surface area contributed by atoms with Crippen molar-refractivity contribution in [2.24, 2.45) is 0 Å². The van der Waals surface area contributed by atoms with E-state index in [1.165, 1.54) is 4.68 Å². The number of hydrogen-bond acceptors (Lipinski definition) is 2. The van der Waals surface area contributed by atoms with E-state index in [0.29, 0.717) is 16.3 Å². The molecular formula is C11H9ClN2O2. The fraction of sp³-hybridized carbons (Fsp3) is 0.0909. The van der Waals surface area contributed by atoms with Gasteiger partial charge in [-0.2, -0.15) is 5.10 Å². The minimum absolute atomic E-state index is 0.0416. The SMILES string of the molecule is Cc1cn(-c2ccccc2Cl)nc1C(=O)O. The number of halogens is 1. The molecule has 1 N–H and O–H groups in total. The summed E-state index contributed by atoms with van der Waals surface area (Å²) < 4.78 is 1.47. The highest BCUT2D eigenvalue weighted by Gasteiger charge is 2.13. The molecule has 0 saturated heterocycles. The topological polar surface area (TPSA) is 55.1 Å². The lowest BCUT2D eigenvalue weighted by atomic mass is 10.3. The zero-order valence-corrected chi connectivity index (χ0v) is 9.27. The van der Waals surface area contributed by atoms with Crippen molar-refractivity contribution in [3.63, 3.8) is 0 Å². The molecule has 1 heterocycles. The maximum Gasteiger partial charge on any atom is 0.356 e. The Hall–Kier alpha value is -1.81. The van der Waals surface area contributed by atoms with Gasteiger partial charge >= 0.3 is 5.97 Å². The van der Waals surface area contributed by atoms with Gasteiger partial charge in [-0.1, -0.05) is 23.7 Å². The molecule has 1 aromatic heterocycles. The number of aromatic carboxylic acids is 1. The van der Waals surface area contributed by atoms with Gasteiger partial charge in [0.05, 0.1) is 10.7 Å². The monoisotopic (exact) mass is 236 g/mol. The number of benzene rings is 1. The second-order valence-electron chi connectivity index (χ2n) is 3.36. The van der Waals surface area contributed by atoms with E-state index in [1.807, 2.05) is 6.07 Å². The molecule has 0 amide bonds. The average Bonchev–Trinajstić information content (AvgIpc) is 2.61. The Bertz CT molecular complexity index is 549.